The zero-order valence-electron chi connectivity index (χ0n) is 18.0. The van der Waals surface area contributed by atoms with Gasteiger partial charge in [0.25, 0.3) is 5.91 Å². The van der Waals surface area contributed by atoms with E-state index in [4.69, 9.17) is 4.84 Å². The Morgan fingerprint density at radius 3 is 2.27 bits per heavy atom. The van der Waals surface area contributed by atoms with Crippen molar-refractivity contribution in [3.8, 4) is 0 Å². The van der Waals surface area contributed by atoms with Crippen LogP contribution >= 0.6 is 0 Å². The fraction of sp³-hybridized carbons (Fsp3) is 0.440. The highest BCUT2D eigenvalue weighted by atomic mass is 16.7. The number of imide groups is 1. The molecule has 0 spiro atoms. The molecular weight excluding hydrogens is 376 g/mol. The largest absolute Gasteiger partial charge is 0.273 e. The number of rotatable bonds is 7. The SMILES string of the molecule is CCCCC(CC)C1C2C(=O)N(c3ccc(C)cc3)C(=O)C2ON1c1ccccc1. The van der Waals surface area contributed by atoms with E-state index in [1.54, 1.807) is 0 Å². The normalized spacial score (nSPS) is 24.4. The molecule has 2 aliphatic heterocycles. The fourth-order valence-corrected chi connectivity index (χ4v) is 4.77. The van der Waals surface area contributed by atoms with Crippen LogP contribution < -0.4 is 9.96 Å². The summed E-state index contributed by atoms with van der Waals surface area (Å²) in [6, 6.07) is 17.2. The highest BCUT2D eigenvalue weighted by molar-refractivity contribution is 6.23. The number of hydrogen-bond acceptors (Lipinski definition) is 4. The molecule has 0 aromatic heterocycles. The molecule has 30 heavy (non-hydrogen) atoms. The molecule has 0 radical (unpaired) electrons. The topological polar surface area (TPSA) is 49.9 Å². The second kappa shape index (κ2) is 8.60. The first kappa shape index (κ1) is 20.6. The Morgan fingerprint density at radius 2 is 1.63 bits per heavy atom. The number of amides is 2. The Labute approximate surface area is 178 Å². The maximum absolute atomic E-state index is 13.6. The van der Waals surface area contributed by atoms with E-state index in [1.165, 1.54) is 4.90 Å². The van der Waals surface area contributed by atoms with Crippen molar-refractivity contribution in [3.63, 3.8) is 0 Å². The van der Waals surface area contributed by atoms with Crippen LogP contribution in [0.4, 0.5) is 11.4 Å². The van der Waals surface area contributed by atoms with Gasteiger partial charge in [0.1, 0.15) is 0 Å². The third-order valence-electron chi connectivity index (χ3n) is 6.40. The van der Waals surface area contributed by atoms with Crippen molar-refractivity contribution in [2.45, 2.75) is 58.6 Å². The zero-order valence-corrected chi connectivity index (χ0v) is 18.0. The number of aryl methyl sites for hydroxylation is 1. The van der Waals surface area contributed by atoms with Gasteiger partial charge in [0.15, 0.2) is 6.10 Å². The first-order valence-corrected chi connectivity index (χ1v) is 11.0. The third kappa shape index (κ3) is 3.52. The highest BCUT2D eigenvalue weighted by Crippen LogP contribution is 2.44. The summed E-state index contributed by atoms with van der Waals surface area (Å²) in [5.41, 5.74) is 2.61. The third-order valence-corrected chi connectivity index (χ3v) is 6.40. The van der Waals surface area contributed by atoms with Crippen molar-refractivity contribution in [3.05, 3.63) is 60.2 Å². The minimum Gasteiger partial charge on any atom is -0.273 e. The molecular formula is C25H30N2O3. The quantitative estimate of drug-likeness (QED) is 0.614. The van der Waals surface area contributed by atoms with Crippen LogP contribution in [0.5, 0.6) is 0 Å². The van der Waals surface area contributed by atoms with Crippen molar-refractivity contribution >= 4 is 23.2 Å². The number of hydroxylamine groups is 1. The number of fused-ring (bicyclic) bond motifs is 1. The summed E-state index contributed by atoms with van der Waals surface area (Å²) in [5.74, 6) is -0.620. The molecule has 2 saturated heterocycles. The average molecular weight is 407 g/mol. The lowest BCUT2D eigenvalue weighted by Gasteiger charge is -2.33. The molecule has 0 saturated carbocycles. The van der Waals surface area contributed by atoms with E-state index in [9.17, 15) is 9.59 Å². The monoisotopic (exact) mass is 406 g/mol. The summed E-state index contributed by atoms with van der Waals surface area (Å²) in [6.07, 6.45) is 3.39. The lowest BCUT2D eigenvalue weighted by Crippen LogP contribution is -2.44. The minimum atomic E-state index is -0.764. The van der Waals surface area contributed by atoms with Crippen LogP contribution in [0, 0.1) is 18.8 Å². The second-order valence-electron chi connectivity index (χ2n) is 8.36. The maximum Gasteiger partial charge on any atom is 0.266 e. The summed E-state index contributed by atoms with van der Waals surface area (Å²) in [4.78, 5) is 34.4. The Morgan fingerprint density at radius 1 is 0.933 bits per heavy atom. The van der Waals surface area contributed by atoms with Gasteiger partial charge < -0.3 is 0 Å². The zero-order chi connectivity index (χ0) is 21.3. The van der Waals surface area contributed by atoms with Gasteiger partial charge in [0.2, 0.25) is 5.91 Å². The van der Waals surface area contributed by atoms with E-state index in [-0.39, 0.29) is 23.8 Å². The number of nitrogens with zero attached hydrogens (tertiary/aromatic N) is 2. The molecule has 2 fully saturated rings. The predicted molar refractivity (Wildman–Crippen MR) is 118 cm³/mol. The summed E-state index contributed by atoms with van der Waals surface area (Å²) >= 11 is 0. The molecule has 5 heteroatoms. The van der Waals surface area contributed by atoms with Crippen molar-refractivity contribution < 1.29 is 14.4 Å². The van der Waals surface area contributed by atoms with Gasteiger partial charge in [0.05, 0.1) is 23.3 Å². The molecule has 5 nitrogen and oxygen atoms in total. The number of para-hydroxylation sites is 1. The van der Waals surface area contributed by atoms with E-state index in [0.29, 0.717) is 5.69 Å². The van der Waals surface area contributed by atoms with Gasteiger partial charge >= 0.3 is 0 Å². The summed E-state index contributed by atoms with van der Waals surface area (Å²) in [5, 5.41) is 1.85. The molecule has 4 unspecified atom stereocenters. The molecule has 0 N–H and O–H groups in total. The van der Waals surface area contributed by atoms with Crippen LogP contribution in [0.3, 0.4) is 0 Å². The second-order valence-corrected chi connectivity index (χ2v) is 8.36. The van der Waals surface area contributed by atoms with Gasteiger partial charge in [0, 0.05) is 0 Å². The Kier molecular flexibility index (Phi) is 5.91. The maximum atomic E-state index is 13.6. The number of unbranched alkanes of at least 4 members (excludes halogenated alkanes) is 1. The molecule has 2 aliphatic rings. The predicted octanol–water partition coefficient (Wildman–Crippen LogP) is 4.89. The summed E-state index contributed by atoms with van der Waals surface area (Å²) in [6.45, 7) is 6.33. The molecule has 4 rings (SSSR count). The van der Waals surface area contributed by atoms with Gasteiger partial charge in [-0.3, -0.25) is 14.4 Å². The Hall–Kier alpha value is -2.66. The Bertz CT molecular complexity index is 896. The average Bonchev–Trinajstić information content (AvgIpc) is 3.27. The lowest BCUT2D eigenvalue weighted by atomic mass is 9.82. The van der Waals surface area contributed by atoms with E-state index in [2.05, 4.69) is 13.8 Å². The van der Waals surface area contributed by atoms with Gasteiger partial charge in [-0.05, 0) is 43.5 Å². The molecule has 0 aliphatic carbocycles. The molecule has 2 aromatic rings. The van der Waals surface area contributed by atoms with E-state index in [0.717, 1.165) is 36.9 Å². The van der Waals surface area contributed by atoms with Crippen LogP contribution in [-0.2, 0) is 14.4 Å². The number of benzene rings is 2. The lowest BCUT2D eigenvalue weighted by molar-refractivity contribution is -0.126. The molecule has 4 atom stereocenters. The van der Waals surface area contributed by atoms with Crippen LogP contribution in [-0.4, -0.2) is 24.0 Å². The van der Waals surface area contributed by atoms with Crippen LogP contribution in [0.1, 0.15) is 45.1 Å². The van der Waals surface area contributed by atoms with Crippen molar-refractivity contribution in [1.82, 2.24) is 0 Å². The standard InChI is InChI=1S/C25H30N2O3/c1-4-6-10-18(5-2)22-21-23(30-27(22)20-11-8-7-9-12-20)25(29)26(24(21)28)19-15-13-17(3)14-16-19/h7-9,11-16,18,21-23H,4-6,10H2,1-3H3. The number of carbonyl (C=O) groups is 2. The molecule has 158 valence electrons. The van der Waals surface area contributed by atoms with Gasteiger partial charge in [-0.25, -0.2) is 9.96 Å². The fourth-order valence-electron chi connectivity index (χ4n) is 4.77. The van der Waals surface area contributed by atoms with Crippen molar-refractivity contribution in [2.24, 2.45) is 11.8 Å². The van der Waals surface area contributed by atoms with Crippen molar-refractivity contribution in [1.29, 1.82) is 0 Å². The van der Waals surface area contributed by atoms with E-state index >= 15 is 0 Å². The molecule has 2 amide bonds. The number of carbonyl (C=O) groups excluding carboxylic acids is 2. The molecule has 2 aromatic carbocycles. The minimum absolute atomic E-state index is 0.146. The summed E-state index contributed by atoms with van der Waals surface area (Å²) in [7, 11) is 0. The van der Waals surface area contributed by atoms with E-state index < -0.39 is 12.0 Å². The van der Waals surface area contributed by atoms with Crippen LogP contribution in [0.25, 0.3) is 0 Å². The number of anilines is 2. The highest BCUT2D eigenvalue weighted by Gasteiger charge is 2.61. The van der Waals surface area contributed by atoms with Crippen LogP contribution in [0.15, 0.2) is 54.6 Å². The van der Waals surface area contributed by atoms with Crippen LogP contribution in [0.2, 0.25) is 0 Å². The van der Waals surface area contributed by atoms with Gasteiger partial charge in [-0.15, -0.1) is 0 Å². The van der Waals surface area contributed by atoms with Crippen molar-refractivity contribution in [2.75, 3.05) is 9.96 Å². The summed E-state index contributed by atoms with van der Waals surface area (Å²) < 4.78 is 0. The van der Waals surface area contributed by atoms with Gasteiger partial charge in [-0.2, -0.15) is 0 Å². The first-order chi connectivity index (χ1) is 14.6. The molecule has 0 bridgehead atoms. The smallest absolute Gasteiger partial charge is 0.266 e. The Balaban J connectivity index is 1.71. The molecule has 2 heterocycles. The first-order valence-electron chi connectivity index (χ1n) is 11.0. The number of hydrogen-bond donors (Lipinski definition) is 0. The van der Waals surface area contributed by atoms with E-state index in [1.807, 2.05) is 66.6 Å². The van der Waals surface area contributed by atoms with Gasteiger partial charge in [-0.1, -0.05) is 69.0 Å².